The Balaban J connectivity index is 2.31. The molecule has 0 fully saturated rings. The van der Waals surface area contributed by atoms with Gasteiger partial charge in [-0.3, -0.25) is 9.59 Å². The molecular weight excluding hydrogens is 362 g/mol. The summed E-state index contributed by atoms with van der Waals surface area (Å²) in [5.74, 6) is -3.45. The lowest BCUT2D eigenvalue weighted by molar-refractivity contribution is -0.153. The van der Waals surface area contributed by atoms with Gasteiger partial charge in [-0.2, -0.15) is 0 Å². The maximum Gasteiger partial charge on any atom is 0.407 e. The van der Waals surface area contributed by atoms with Gasteiger partial charge in [0.1, 0.15) is 5.60 Å². The van der Waals surface area contributed by atoms with Crippen LogP contribution in [0.5, 0.6) is 0 Å². The van der Waals surface area contributed by atoms with Gasteiger partial charge in [-0.05, 0) is 46.2 Å². The molecular formula is C18H24F2N2O5. The molecule has 0 heterocycles. The van der Waals surface area contributed by atoms with Crippen molar-refractivity contribution < 1.29 is 32.6 Å². The van der Waals surface area contributed by atoms with E-state index < -0.39 is 41.3 Å². The van der Waals surface area contributed by atoms with E-state index in [2.05, 4.69) is 10.6 Å². The Hall–Kier alpha value is -2.71. The highest BCUT2D eigenvalue weighted by atomic mass is 19.2. The van der Waals surface area contributed by atoms with Gasteiger partial charge in [0.15, 0.2) is 17.7 Å². The number of carbonyl (C=O) groups is 3. The molecule has 1 aromatic carbocycles. The predicted octanol–water partition coefficient (Wildman–Crippen LogP) is 3.14. The molecule has 150 valence electrons. The first kappa shape index (κ1) is 22.3. The Morgan fingerprint density at radius 1 is 1.15 bits per heavy atom. The Morgan fingerprint density at radius 2 is 1.81 bits per heavy atom. The predicted molar refractivity (Wildman–Crippen MR) is 94.0 cm³/mol. The quantitative estimate of drug-likeness (QED) is 0.555. The molecule has 0 spiro atoms. The van der Waals surface area contributed by atoms with Crippen molar-refractivity contribution >= 4 is 23.7 Å². The van der Waals surface area contributed by atoms with Crippen molar-refractivity contribution in [1.82, 2.24) is 5.32 Å². The van der Waals surface area contributed by atoms with Crippen molar-refractivity contribution in [3.63, 3.8) is 0 Å². The Morgan fingerprint density at radius 3 is 2.41 bits per heavy atom. The average molecular weight is 386 g/mol. The van der Waals surface area contributed by atoms with Crippen LogP contribution in [-0.4, -0.2) is 36.2 Å². The molecule has 1 atom stereocenters. The van der Waals surface area contributed by atoms with Gasteiger partial charge >= 0.3 is 12.1 Å². The van der Waals surface area contributed by atoms with E-state index in [0.29, 0.717) is 6.42 Å². The first-order chi connectivity index (χ1) is 12.5. The SMILES string of the molecule is C[C@@H](OC(=O)CCCNC(=O)OC(C)(C)C)C(=O)Nc1ccc(F)c(F)c1. The molecule has 0 saturated heterocycles. The minimum atomic E-state index is -1.12. The van der Waals surface area contributed by atoms with Crippen LogP contribution < -0.4 is 10.6 Å². The third-order valence-electron chi connectivity index (χ3n) is 3.09. The molecule has 0 aliphatic heterocycles. The van der Waals surface area contributed by atoms with Crippen LogP contribution in [0.15, 0.2) is 18.2 Å². The number of esters is 1. The summed E-state index contributed by atoms with van der Waals surface area (Å²) < 4.78 is 36.0. The van der Waals surface area contributed by atoms with E-state index in [1.165, 1.54) is 13.0 Å². The molecule has 0 saturated carbocycles. The molecule has 7 nitrogen and oxygen atoms in total. The summed E-state index contributed by atoms with van der Waals surface area (Å²) in [6, 6.07) is 2.89. The number of nitrogens with one attached hydrogen (secondary N) is 2. The van der Waals surface area contributed by atoms with Gasteiger partial charge in [0.05, 0.1) is 0 Å². The summed E-state index contributed by atoms with van der Waals surface area (Å²) in [6.07, 6.45) is -1.42. The molecule has 2 amide bonds. The summed E-state index contributed by atoms with van der Waals surface area (Å²) in [6.45, 7) is 6.76. The number of carbonyl (C=O) groups excluding carboxylic acids is 3. The zero-order chi connectivity index (χ0) is 20.6. The van der Waals surface area contributed by atoms with Gasteiger partial charge in [0.2, 0.25) is 0 Å². The molecule has 1 aromatic rings. The normalized spacial score (nSPS) is 12.1. The monoisotopic (exact) mass is 386 g/mol. The average Bonchev–Trinajstić information content (AvgIpc) is 2.53. The van der Waals surface area contributed by atoms with Crippen LogP contribution in [0.1, 0.15) is 40.5 Å². The van der Waals surface area contributed by atoms with Crippen LogP contribution >= 0.6 is 0 Å². The Labute approximate surface area is 156 Å². The van der Waals surface area contributed by atoms with Gasteiger partial charge in [0.25, 0.3) is 5.91 Å². The summed E-state index contributed by atoms with van der Waals surface area (Å²) in [4.78, 5) is 35.1. The fourth-order valence-corrected chi connectivity index (χ4v) is 1.86. The summed E-state index contributed by atoms with van der Waals surface area (Å²) >= 11 is 0. The van der Waals surface area contributed by atoms with Crippen LogP contribution in [-0.2, 0) is 19.1 Å². The van der Waals surface area contributed by atoms with Crippen LogP contribution in [0, 0.1) is 11.6 Å². The highest BCUT2D eigenvalue weighted by molar-refractivity contribution is 5.95. The molecule has 27 heavy (non-hydrogen) atoms. The molecule has 2 N–H and O–H groups in total. The largest absolute Gasteiger partial charge is 0.453 e. The highest BCUT2D eigenvalue weighted by Gasteiger charge is 2.19. The number of hydrogen-bond acceptors (Lipinski definition) is 5. The third-order valence-corrected chi connectivity index (χ3v) is 3.09. The molecule has 0 aliphatic rings. The zero-order valence-corrected chi connectivity index (χ0v) is 15.7. The minimum absolute atomic E-state index is 0.0153. The van der Waals surface area contributed by atoms with Crippen molar-refractivity contribution in [2.24, 2.45) is 0 Å². The number of amides is 2. The Kier molecular flexibility index (Phi) is 8.14. The molecule has 0 aromatic heterocycles. The molecule has 0 unspecified atom stereocenters. The molecule has 0 aliphatic carbocycles. The van der Waals surface area contributed by atoms with E-state index in [0.717, 1.165) is 12.1 Å². The van der Waals surface area contributed by atoms with Gasteiger partial charge < -0.3 is 20.1 Å². The topological polar surface area (TPSA) is 93.7 Å². The number of benzene rings is 1. The number of ether oxygens (including phenoxy) is 2. The lowest BCUT2D eigenvalue weighted by atomic mass is 10.2. The van der Waals surface area contributed by atoms with E-state index >= 15 is 0 Å². The lowest BCUT2D eigenvalue weighted by Gasteiger charge is -2.19. The van der Waals surface area contributed by atoms with Crippen molar-refractivity contribution in [1.29, 1.82) is 0 Å². The van der Waals surface area contributed by atoms with E-state index in [9.17, 15) is 23.2 Å². The van der Waals surface area contributed by atoms with Gasteiger partial charge in [-0.1, -0.05) is 0 Å². The maximum atomic E-state index is 13.1. The number of halogens is 2. The summed E-state index contributed by atoms with van der Waals surface area (Å²) in [5, 5.41) is 4.82. The maximum absolute atomic E-state index is 13.1. The van der Waals surface area contributed by atoms with Crippen LogP contribution in [0.25, 0.3) is 0 Å². The Bertz CT molecular complexity index is 689. The number of alkyl carbamates (subject to hydrolysis) is 1. The van der Waals surface area contributed by atoms with E-state index in [1.807, 2.05) is 0 Å². The minimum Gasteiger partial charge on any atom is -0.453 e. The van der Waals surface area contributed by atoms with E-state index in [4.69, 9.17) is 9.47 Å². The van der Waals surface area contributed by atoms with Crippen molar-refractivity contribution in [3.8, 4) is 0 Å². The zero-order valence-electron chi connectivity index (χ0n) is 15.7. The van der Waals surface area contributed by atoms with Crippen molar-refractivity contribution in [2.75, 3.05) is 11.9 Å². The number of anilines is 1. The molecule has 9 heteroatoms. The van der Waals surface area contributed by atoms with Crippen LogP contribution in [0.4, 0.5) is 19.3 Å². The standard InChI is InChI=1S/C18H24F2N2O5/c1-11(16(24)22-12-7-8-13(19)14(20)10-12)26-15(23)6-5-9-21-17(25)27-18(2,3)4/h7-8,10-11H,5-6,9H2,1-4H3,(H,21,25)(H,22,24)/t11-/m1/s1. The van der Waals surface area contributed by atoms with Gasteiger partial charge in [-0.15, -0.1) is 0 Å². The smallest absolute Gasteiger partial charge is 0.407 e. The van der Waals surface area contributed by atoms with Crippen molar-refractivity contribution in [3.05, 3.63) is 29.8 Å². The second-order valence-electron chi connectivity index (χ2n) is 6.78. The second-order valence-corrected chi connectivity index (χ2v) is 6.78. The number of rotatable bonds is 7. The van der Waals surface area contributed by atoms with Gasteiger partial charge in [0, 0.05) is 24.7 Å². The first-order valence-corrected chi connectivity index (χ1v) is 8.40. The fourth-order valence-electron chi connectivity index (χ4n) is 1.86. The summed E-state index contributed by atoms with van der Waals surface area (Å²) in [5.41, 5.74) is -0.567. The second kappa shape index (κ2) is 9.84. The van der Waals surface area contributed by atoms with E-state index in [-0.39, 0.29) is 18.7 Å². The lowest BCUT2D eigenvalue weighted by Crippen LogP contribution is -2.33. The molecule has 1 rings (SSSR count). The highest BCUT2D eigenvalue weighted by Crippen LogP contribution is 2.14. The van der Waals surface area contributed by atoms with Crippen LogP contribution in [0.2, 0.25) is 0 Å². The third kappa shape index (κ3) is 8.98. The molecule has 0 bridgehead atoms. The van der Waals surface area contributed by atoms with E-state index in [1.54, 1.807) is 20.8 Å². The molecule has 0 radical (unpaired) electrons. The van der Waals surface area contributed by atoms with Crippen molar-refractivity contribution in [2.45, 2.75) is 52.2 Å². The number of hydrogen-bond donors (Lipinski definition) is 2. The van der Waals surface area contributed by atoms with Crippen LogP contribution in [0.3, 0.4) is 0 Å². The first-order valence-electron chi connectivity index (χ1n) is 8.40. The fraction of sp³-hybridized carbons (Fsp3) is 0.500. The van der Waals surface area contributed by atoms with Gasteiger partial charge in [-0.25, -0.2) is 13.6 Å². The summed E-state index contributed by atoms with van der Waals surface area (Å²) in [7, 11) is 0.